The largest absolute Gasteiger partial charge is 0.377 e. The predicted octanol–water partition coefficient (Wildman–Crippen LogP) is 1.13. The molecule has 2 rings (SSSR count). The molecule has 2 heterocycles. The quantitative estimate of drug-likeness (QED) is 0.573. The summed E-state index contributed by atoms with van der Waals surface area (Å²) in [5.74, 6) is 1.07. The molecule has 2 fully saturated rings. The van der Waals surface area contributed by atoms with E-state index < -0.39 is 0 Å². The van der Waals surface area contributed by atoms with Gasteiger partial charge in [-0.15, -0.1) is 0 Å². The molecule has 0 aromatic rings. The van der Waals surface area contributed by atoms with Gasteiger partial charge in [0.2, 0.25) is 11.8 Å². The highest BCUT2D eigenvalue weighted by Crippen LogP contribution is 2.17. The first-order valence-corrected chi connectivity index (χ1v) is 10.5. The third kappa shape index (κ3) is 8.15. The van der Waals surface area contributed by atoms with E-state index in [4.69, 9.17) is 9.47 Å². The molecule has 0 unspecified atom stereocenters. The summed E-state index contributed by atoms with van der Waals surface area (Å²) in [5.41, 5.74) is 0. The third-order valence-corrected chi connectivity index (χ3v) is 5.69. The van der Waals surface area contributed by atoms with Gasteiger partial charge in [0, 0.05) is 25.6 Å². The van der Waals surface area contributed by atoms with Crippen molar-refractivity contribution in [2.45, 2.75) is 39.5 Å². The Morgan fingerprint density at radius 2 is 1.63 bits per heavy atom. The lowest BCUT2D eigenvalue weighted by Crippen LogP contribution is -2.41. The third-order valence-electron chi connectivity index (χ3n) is 5.69. The Bertz CT molecular complexity index is 445. The van der Waals surface area contributed by atoms with E-state index >= 15 is 0 Å². The molecule has 1 N–H and O–H groups in total. The average molecular weight is 384 g/mol. The molecule has 27 heavy (non-hydrogen) atoms. The molecular weight excluding hydrogens is 346 g/mol. The molecule has 156 valence electrons. The van der Waals surface area contributed by atoms with Crippen LogP contribution >= 0.6 is 0 Å². The lowest BCUT2D eigenvalue weighted by Gasteiger charge is -2.30. The van der Waals surface area contributed by atoms with Gasteiger partial charge in [0.25, 0.3) is 0 Å². The molecule has 2 aliphatic rings. The molecule has 0 aliphatic carbocycles. The molecule has 7 nitrogen and oxygen atoms in total. The number of hydrogen-bond donors (Lipinski definition) is 1. The van der Waals surface area contributed by atoms with Crippen LogP contribution in [-0.4, -0.2) is 87.3 Å². The number of nitrogens with zero attached hydrogens (tertiary/aromatic N) is 2. The molecule has 0 radical (unpaired) electrons. The zero-order valence-electron chi connectivity index (χ0n) is 17.1. The van der Waals surface area contributed by atoms with Crippen LogP contribution in [0.3, 0.4) is 0 Å². The van der Waals surface area contributed by atoms with Crippen molar-refractivity contribution in [3.63, 3.8) is 0 Å². The lowest BCUT2D eigenvalue weighted by atomic mass is 9.96. The first-order chi connectivity index (χ1) is 13.1. The van der Waals surface area contributed by atoms with E-state index in [0.29, 0.717) is 32.3 Å². The highest BCUT2D eigenvalue weighted by molar-refractivity contribution is 5.78. The Morgan fingerprint density at radius 3 is 2.30 bits per heavy atom. The first-order valence-electron chi connectivity index (χ1n) is 10.5. The SMILES string of the molecule is CCN1CCC(C(=O)NCCOCCOCC(=O)N2CCC(C)CC2)CC1. The average Bonchev–Trinajstić information content (AvgIpc) is 2.70. The minimum Gasteiger partial charge on any atom is -0.377 e. The highest BCUT2D eigenvalue weighted by Gasteiger charge is 2.23. The van der Waals surface area contributed by atoms with Gasteiger partial charge in [0.15, 0.2) is 0 Å². The van der Waals surface area contributed by atoms with E-state index in [0.717, 1.165) is 58.4 Å². The van der Waals surface area contributed by atoms with E-state index in [1.165, 1.54) is 0 Å². The number of rotatable bonds is 10. The molecule has 0 bridgehead atoms. The highest BCUT2D eigenvalue weighted by atomic mass is 16.5. The zero-order chi connectivity index (χ0) is 19.5. The van der Waals surface area contributed by atoms with Crippen LogP contribution in [0.25, 0.3) is 0 Å². The van der Waals surface area contributed by atoms with Crippen molar-refractivity contribution in [2.24, 2.45) is 11.8 Å². The van der Waals surface area contributed by atoms with Gasteiger partial charge in [-0.3, -0.25) is 9.59 Å². The molecule has 0 aromatic carbocycles. The molecule has 0 saturated carbocycles. The number of likely N-dealkylation sites (tertiary alicyclic amines) is 2. The second kappa shape index (κ2) is 12.3. The molecule has 2 saturated heterocycles. The van der Waals surface area contributed by atoms with Crippen LogP contribution in [0.5, 0.6) is 0 Å². The van der Waals surface area contributed by atoms with Crippen LogP contribution in [-0.2, 0) is 19.1 Å². The molecule has 0 aromatic heterocycles. The first kappa shape index (κ1) is 22.1. The summed E-state index contributed by atoms with van der Waals surface area (Å²) in [7, 11) is 0. The van der Waals surface area contributed by atoms with E-state index in [1.54, 1.807) is 0 Å². The summed E-state index contributed by atoms with van der Waals surface area (Å²) in [6.45, 7) is 11.1. The molecule has 2 aliphatic heterocycles. The standard InChI is InChI=1S/C20H37N3O4/c1-3-22-9-6-18(7-10-22)20(25)21-8-13-26-14-15-27-16-19(24)23-11-4-17(2)5-12-23/h17-18H,3-16H2,1-2H3,(H,21,25). The summed E-state index contributed by atoms with van der Waals surface area (Å²) < 4.78 is 10.9. The van der Waals surface area contributed by atoms with Crippen molar-refractivity contribution in [2.75, 3.05) is 65.7 Å². The second-order valence-electron chi connectivity index (χ2n) is 7.73. The summed E-state index contributed by atoms with van der Waals surface area (Å²) in [6.07, 6.45) is 4.05. The van der Waals surface area contributed by atoms with Crippen LogP contribution in [0, 0.1) is 11.8 Å². The predicted molar refractivity (Wildman–Crippen MR) is 104 cm³/mol. The summed E-state index contributed by atoms with van der Waals surface area (Å²) in [4.78, 5) is 28.4. The van der Waals surface area contributed by atoms with Gasteiger partial charge in [-0.1, -0.05) is 13.8 Å². The van der Waals surface area contributed by atoms with Gasteiger partial charge in [0.05, 0.1) is 19.8 Å². The smallest absolute Gasteiger partial charge is 0.248 e. The van der Waals surface area contributed by atoms with Crippen molar-refractivity contribution in [1.82, 2.24) is 15.1 Å². The fourth-order valence-electron chi connectivity index (χ4n) is 3.63. The summed E-state index contributed by atoms with van der Waals surface area (Å²) >= 11 is 0. The number of hydrogen-bond acceptors (Lipinski definition) is 5. The van der Waals surface area contributed by atoms with Crippen molar-refractivity contribution >= 4 is 11.8 Å². The minimum atomic E-state index is 0.0725. The number of ether oxygens (including phenoxy) is 2. The van der Waals surface area contributed by atoms with Gasteiger partial charge in [-0.25, -0.2) is 0 Å². The topological polar surface area (TPSA) is 71.1 Å². The van der Waals surface area contributed by atoms with Gasteiger partial charge >= 0.3 is 0 Å². The second-order valence-corrected chi connectivity index (χ2v) is 7.73. The van der Waals surface area contributed by atoms with Gasteiger partial charge < -0.3 is 24.6 Å². The molecular formula is C20H37N3O4. The number of carbonyl (C=O) groups is 2. The molecule has 7 heteroatoms. The fraction of sp³-hybridized carbons (Fsp3) is 0.900. The van der Waals surface area contributed by atoms with Crippen LogP contribution in [0.4, 0.5) is 0 Å². The lowest BCUT2D eigenvalue weighted by molar-refractivity contribution is -0.138. The van der Waals surface area contributed by atoms with Crippen molar-refractivity contribution in [3.05, 3.63) is 0 Å². The van der Waals surface area contributed by atoms with Crippen molar-refractivity contribution < 1.29 is 19.1 Å². The van der Waals surface area contributed by atoms with E-state index in [1.807, 2.05) is 4.90 Å². The van der Waals surface area contributed by atoms with Gasteiger partial charge in [0.1, 0.15) is 6.61 Å². The molecule has 0 atom stereocenters. The van der Waals surface area contributed by atoms with E-state index in [-0.39, 0.29) is 24.3 Å². The van der Waals surface area contributed by atoms with E-state index in [2.05, 4.69) is 24.1 Å². The Kier molecular flexibility index (Phi) is 10.1. The maximum absolute atomic E-state index is 12.1. The van der Waals surface area contributed by atoms with Gasteiger partial charge in [-0.2, -0.15) is 0 Å². The maximum Gasteiger partial charge on any atom is 0.248 e. The number of carbonyl (C=O) groups excluding carboxylic acids is 2. The minimum absolute atomic E-state index is 0.0725. The maximum atomic E-state index is 12.1. The monoisotopic (exact) mass is 383 g/mol. The Hall–Kier alpha value is -1.18. The van der Waals surface area contributed by atoms with Crippen LogP contribution in [0.1, 0.15) is 39.5 Å². The number of nitrogens with one attached hydrogen (secondary N) is 1. The Labute approximate surface area is 163 Å². The molecule has 0 spiro atoms. The summed E-state index contributed by atoms with van der Waals surface area (Å²) in [6, 6.07) is 0. The van der Waals surface area contributed by atoms with Gasteiger partial charge in [-0.05, 0) is 51.2 Å². The zero-order valence-corrected chi connectivity index (χ0v) is 17.1. The normalized spacial score (nSPS) is 20.0. The van der Waals surface area contributed by atoms with Crippen LogP contribution in [0.2, 0.25) is 0 Å². The Morgan fingerprint density at radius 1 is 0.963 bits per heavy atom. The van der Waals surface area contributed by atoms with Crippen LogP contribution < -0.4 is 5.32 Å². The van der Waals surface area contributed by atoms with Crippen LogP contribution in [0.15, 0.2) is 0 Å². The van der Waals surface area contributed by atoms with E-state index in [9.17, 15) is 9.59 Å². The fourth-order valence-corrected chi connectivity index (χ4v) is 3.63. The molecule has 2 amide bonds. The number of amides is 2. The number of piperidine rings is 2. The van der Waals surface area contributed by atoms with Crippen molar-refractivity contribution in [3.8, 4) is 0 Å². The Balaban J connectivity index is 1.41. The summed E-state index contributed by atoms with van der Waals surface area (Å²) in [5, 5.41) is 2.96. The van der Waals surface area contributed by atoms with Crippen molar-refractivity contribution in [1.29, 1.82) is 0 Å².